The zero-order valence-electron chi connectivity index (χ0n) is 16.4. The Bertz CT molecular complexity index is 862. The molecule has 0 atom stereocenters. The number of methoxy groups -OCH3 is 1. The quantitative estimate of drug-likeness (QED) is 0.398. The Balaban J connectivity index is 2.04. The van der Waals surface area contributed by atoms with Crippen molar-refractivity contribution in [3.8, 4) is 0 Å². The number of hydrogen-bond donors (Lipinski definition) is 1. The fraction of sp³-hybridized carbons (Fsp3) is 0.364. The van der Waals surface area contributed by atoms with Gasteiger partial charge in [-0.2, -0.15) is 0 Å². The molecule has 0 saturated heterocycles. The highest BCUT2D eigenvalue weighted by molar-refractivity contribution is 6.25. The molecular weight excluding hydrogens is 358 g/mol. The highest BCUT2D eigenvalue weighted by Gasteiger charge is 2.30. The van der Waals surface area contributed by atoms with Crippen molar-refractivity contribution < 1.29 is 24.2 Å². The van der Waals surface area contributed by atoms with Crippen LogP contribution in [0.4, 0.5) is 0 Å². The van der Waals surface area contributed by atoms with E-state index in [4.69, 9.17) is 4.74 Å². The van der Waals surface area contributed by atoms with Gasteiger partial charge >= 0.3 is 5.97 Å². The van der Waals surface area contributed by atoms with E-state index in [1.165, 1.54) is 27.0 Å². The lowest BCUT2D eigenvalue weighted by atomic mass is 9.88. The second-order valence-electron chi connectivity index (χ2n) is 6.75. The molecule has 1 aliphatic carbocycles. The molecule has 0 unspecified atom stereocenters. The number of rotatable bonds is 9. The Morgan fingerprint density at radius 1 is 1.14 bits per heavy atom. The predicted molar refractivity (Wildman–Crippen MR) is 105 cm³/mol. The van der Waals surface area contributed by atoms with E-state index in [1.54, 1.807) is 6.20 Å². The Morgan fingerprint density at radius 2 is 1.89 bits per heavy atom. The van der Waals surface area contributed by atoms with Crippen molar-refractivity contribution in [2.24, 2.45) is 0 Å². The maximum atomic E-state index is 12.6. The van der Waals surface area contributed by atoms with Crippen molar-refractivity contribution in [3.63, 3.8) is 0 Å². The number of Topliss-reactive ketones (excluding diaryl/α,β-unsaturated/α-hetero) is 2. The molecule has 1 N–H and O–H groups in total. The van der Waals surface area contributed by atoms with Crippen LogP contribution in [0.2, 0.25) is 0 Å². The minimum atomic E-state index is -1.08. The Kier molecular flexibility index (Phi) is 7.44. The first kappa shape index (κ1) is 21.3. The lowest BCUT2D eigenvalue weighted by molar-refractivity contribution is -0.132. The first-order chi connectivity index (χ1) is 13.4. The summed E-state index contributed by atoms with van der Waals surface area (Å²) in [5.41, 5.74) is 1.83. The molecule has 0 amide bonds. The van der Waals surface area contributed by atoms with Crippen molar-refractivity contribution >= 4 is 17.5 Å². The summed E-state index contributed by atoms with van der Waals surface area (Å²) in [5, 5.41) is 9.51. The standard InChI is InChI=1S/C22H25NO5/c1-14-18(19(24)15(2)21(28-3)20(14)25)12-17(22(26)27)10-6-4-5-8-16-9-7-11-23-13-16/h7,9,11-13H,4-6,8,10H2,1-3H3,(H,26,27). The lowest BCUT2D eigenvalue weighted by Gasteiger charge is -2.18. The largest absolute Gasteiger partial charge is 0.492 e. The van der Waals surface area contributed by atoms with E-state index in [0.29, 0.717) is 12.8 Å². The number of carboxylic acid groups (broad SMARTS) is 1. The van der Waals surface area contributed by atoms with Gasteiger partial charge in [0.15, 0.2) is 11.5 Å². The van der Waals surface area contributed by atoms with E-state index in [9.17, 15) is 19.5 Å². The van der Waals surface area contributed by atoms with Crippen LogP contribution < -0.4 is 0 Å². The molecule has 0 aromatic carbocycles. The van der Waals surface area contributed by atoms with Crippen LogP contribution in [0, 0.1) is 0 Å². The minimum absolute atomic E-state index is 0.0203. The number of aromatic nitrogens is 1. The summed E-state index contributed by atoms with van der Waals surface area (Å²) < 4.78 is 5.02. The second kappa shape index (κ2) is 9.78. The summed E-state index contributed by atoms with van der Waals surface area (Å²) in [7, 11) is 1.34. The zero-order valence-corrected chi connectivity index (χ0v) is 16.4. The van der Waals surface area contributed by atoms with Crippen molar-refractivity contribution in [2.45, 2.75) is 46.0 Å². The van der Waals surface area contributed by atoms with E-state index in [2.05, 4.69) is 4.98 Å². The number of ether oxygens (including phenoxy) is 1. The smallest absolute Gasteiger partial charge is 0.331 e. The molecule has 0 bridgehead atoms. The number of allylic oxidation sites excluding steroid dienone is 4. The van der Waals surface area contributed by atoms with Gasteiger partial charge in [0.25, 0.3) is 0 Å². The molecule has 0 spiro atoms. The maximum Gasteiger partial charge on any atom is 0.331 e. The van der Waals surface area contributed by atoms with Crippen LogP contribution in [0.25, 0.3) is 0 Å². The molecule has 0 radical (unpaired) electrons. The summed E-state index contributed by atoms with van der Waals surface area (Å²) in [6.07, 6.45) is 8.59. The molecule has 1 aliphatic rings. The van der Waals surface area contributed by atoms with Gasteiger partial charge in [0.2, 0.25) is 5.78 Å². The molecule has 1 aromatic rings. The van der Waals surface area contributed by atoms with E-state index in [-0.39, 0.29) is 39.6 Å². The number of ketones is 2. The van der Waals surface area contributed by atoms with Crippen molar-refractivity contribution in [2.75, 3.05) is 7.11 Å². The third-order valence-corrected chi connectivity index (χ3v) is 4.81. The average Bonchev–Trinajstić information content (AvgIpc) is 2.69. The normalized spacial score (nSPS) is 15.3. The summed E-state index contributed by atoms with van der Waals surface area (Å²) in [4.78, 5) is 40.6. The van der Waals surface area contributed by atoms with Gasteiger partial charge in [0, 0.05) is 34.7 Å². The van der Waals surface area contributed by atoms with E-state index >= 15 is 0 Å². The van der Waals surface area contributed by atoms with E-state index in [1.807, 2.05) is 18.3 Å². The SMILES string of the molecule is COC1=C(C)C(=O)C(C=C(CCCCCc2cccnc2)C(=O)O)=C(C)C1=O. The third-order valence-electron chi connectivity index (χ3n) is 4.81. The molecule has 28 heavy (non-hydrogen) atoms. The Labute approximate surface area is 164 Å². The van der Waals surface area contributed by atoms with Gasteiger partial charge in [0.1, 0.15) is 0 Å². The summed E-state index contributed by atoms with van der Waals surface area (Å²) in [6.45, 7) is 3.03. The molecular formula is C22H25NO5. The van der Waals surface area contributed by atoms with Crippen molar-refractivity contribution in [3.05, 3.63) is 64.2 Å². The second-order valence-corrected chi connectivity index (χ2v) is 6.75. The molecule has 6 nitrogen and oxygen atoms in total. The predicted octanol–water partition coefficient (Wildman–Crippen LogP) is 3.58. The van der Waals surface area contributed by atoms with Crippen LogP contribution in [0.1, 0.15) is 45.1 Å². The number of aliphatic carboxylic acids is 1. The molecule has 0 fully saturated rings. The minimum Gasteiger partial charge on any atom is -0.492 e. The van der Waals surface area contributed by atoms with Crippen LogP contribution in [0.15, 0.2) is 58.7 Å². The molecule has 0 aliphatic heterocycles. The van der Waals surface area contributed by atoms with Crippen LogP contribution in [0.5, 0.6) is 0 Å². The lowest BCUT2D eigenvalue weighted by Crippen LogP contribution is -2.22. The van der Waals surface area contributed by atoms with E-state index < -0.39 is 5.97 Å². The highest BCUT2D eigenvalue weighted by Crippen LogP contribution is 2.27. The van der Waals surface area contributed by atoms with Gasteiger partial charge in [-0.15, -0.1) is 0 Å². The molecule has 1 aromatic heterocycles. The summed E-state index contributed by atoms with van der Waals surface area (Å²) in [6, 6.07) is 3.91. The van der Waals surface area contributed by atoms with Crippen LogP contribution in [-0.4, -0.2) is 34.7 Å². The molecule has 148 valence electrons. The van der Waals surface area contributed by atoms with Crippen molar-refractivity contribution in [1.82, 2.24) is 4.98 Å². The first-order valence-corrected chi connectivity index (χ1v) is 9.24. The van der Waals surface area contributed by atoms with Gasteiger partial charge in [-0.05, 0) is 57.2 Å². The number of nitrogens with zero attached hydrogens (tertiary/aromatic N) is 1. The molecule has 0 saturated carbocycles. The summed E-state index contributed by atoms with van der Waals surface area (Å²) in [5.74, 6) is -1.81. The first-order valence-electron chi connectivity index (χ1n) is 9.24. The van der Waals surface area contributed by atoms with Crippen LogP contribution in [-0.2, 0) is 25.5 Å². The van der Waals surface area contributed by atoms with Gasteiger partial charge < -0.3 is 9.84 Å². The number of pyridine rings is 1. The topological polar surface area (TPSA) is 93.6 Å². The van der Waals surface area contributed by atoms with Crippen LogP contribution in [0.3, 0.4) is 0 Å². The number of hydrogen-bond acceptors (Lipinski definition) is 5. The number of carboxylic acids is 1. The fourth-order valence-electron chi connectivity index (χ4n) is 3.14. The van der Waals surface area contributed by atoms with E-state index in [0.717, 1.165) is 24.8 Å². The van der Waals surface area contributed by atoms with Crippen molar-refractivity contribution in [1.29, 1.82) is 0 Å². The number of unbranched alkanes of at least 4 members (excludes halogenated alkanes) is 2. The highest BCUT2D eigenvalue weighted by atomic mass is 16.5. The Hall–Kier alpha value is -3.02. The monoisotopic (exact) mass is 383 g/mol. The molecule has 1 heterocycles. The molecule has 2 rings (SSSR count). The number of aryl methyl sites for hydroxylation is 1. The average molecular weight is 383 g/mol. The number of carbonyl (C=O) groups excluding carboxylic acids is 2. The Morgan fingerprint density at radius 3 is 2.50 bits per heavy atom. The third kappa shape index (κ3) is 5.03. The number of carbonyl (C=O) groups is 3. The van der Waals surface area contributed by atoms with Gasteiger partial charge in [-0.1, -0.05) is 12.5 Å². The van der Waals surface area contributed by atoms with Gasteiger partial charge in [0.05, 0.1) is 7.11 Å². The summed E-state index contributed by atoms with van der Waals surface area (Å²) >= 11 is 0. The van der Waals surface area contributed by atoms with Gasteiger partial charge in [-0.3, -0.25) is 14.6 Å². The van der Waals surface area contributed by atoms with Gasteiger partial charge in [-0.25, -0.2) is 4.79 Å². The van der Waals surface area contributed by atoms with Crippen LogP contribution >= 0.6 is 0 Å². The maximum absolute atomic E-state index is 12.6. The zero-order chi connectivity index (χ0) is 20.7. The fourth-order valence-corrected chi connectivity index (χ4v) is 3.14. The molecule has 6 heteroatoms.